The molecular formula is C33H28N2O. The van der Waals surface area contributed by atoms with Gasteiger partial charge in [-0.15, -0.1) is 0 Å². The molecule has 1 saturated heterocycles. The molecule has 2 N–H and O–H groups in total. The molecule has 2 aliphatic carbocycles. The van der Waals surface area contributed by atoms with E-state index in [2.05, 4.69) is 71.3 Å². The van der Waals surface area contributed by atoms with Crippen LogP contribution in [0.5, 0.6) is 0 Å². The van der Waals surface area contributed by atoms with Crippen LogP contribution in [0.25, 0.3) is 23.3 Å². The molecule has 176 valence electrons. The first-order valence-corrected chi connectivity index (χ1v) is 12.8. The molecule has 1 aliphatic heterocycles. The molecule has 4 aromatic rings. The van der Waals surface area contributed by atoms with Crippen molar-refractivity contribution in [1.82, 2.24) is 5.32 Å². The minimum atomic E-state index is -0.0876. The lowest BCUT2D eigenvalue weighted by Gasteiger charge is -2.50. The smallest absolute Gasteiger partial charge is 0.255 e. The molecule has 1 amide bonds. The Morgan fingerprint density at radius 3 is 2.33 bits per heavy atom. The second-order valence-corrected chi connectivity index (χ2v) is 10.6. The summed E-state index contributed by atoms with van der Waals surface area (Å²) in [5, 5.41) is 9.72. The summed E-state index contributed by atoms with van der Waals surface area (Å²) in [6.45, 7) is 0. The van der Waals surface area contributed by atoms with Gasteiger partial charge >= 0.3 is 0 Å². The number of amides is 1. The lowest BCUT2D eigenvalue weighted by atomic mass is 9.73. The van der Waals surface area contributed by atoms with E-state index >= 15 is 0 Å². The molecule has 36 heavy (non-hydrogen) atoms. The molecule has 4 aromatic carbocycles. The van der Waals surface area contributed by atoms with E-state index in [4.69, 9.17) is 0 Å². The number of rotatable bonds is 4. The molecule has 2 fully saturated rings. The Morgan fingerprint density at radius 2 is 1.53 bits per heavy atom. The van der Waals surface area contributed by atoms with Crippen LogP contribution in [-0.4, -0.2) is 17.0 Å². The Morgan fingerprint density at radius 1 is 0.806 bits per heavy atom. The van der Waals surface area contributed by atoms with E-state index in [9.17, 15) is 4.79 Å². The van der Waals surface area contributed by atoms with Gasteiger partial charge in [0.25, 0.3) is 5.91 Å². The molecule has 0 aromatic heterocycles. The quantitative estimate of drug-likeness (QED) is 0.431. The average Bonchev–Trinajstić information content (AvgIpc) is 3.64. The summed E-state index contributed by atoms with van der Waals surface area (Å²) in [5.41, 5.74) is 5.33. The van der Waals surface area contributed by atoms with E-state index < -0.39 is 0 Å². The number of fused-ring (bicyclic) bond motifs is 1. The minimum absolute atomic E-state index is 0.0876. The van der Waals surface area contributed by atoms with Gasteiger partial charge in [0.1, 0.15) is 0 Å². The zero-order chi connectivity index (χ0) is 24.2. The van der Waals surface area contributed by atoms with Gasteiger partial charge in [-0.25, -0.2) is 0 Å². The van der Waals surface area contributed by atoms with Gasteiger partial charge in [-0.1, -0.05) is 91.0 Å². The van der Waals surface area contributed by atoms with Crippen LogP contribution in [0, 0.1) is 0 Å². The number of hydrogen-bond acceptors (Lipinski definition) is 2. The number of hydrogen-bond donors (Lipinski definition) is 2. The van der Waals surface area contributed by atoms with E-state index in [-0.39, 0.29) is 17.0 Å². The van der Waals surface area contributed by atoms with E-state index in [0.717, 1.165) is 23.2 Å². The summed E-state index contributed by atoms with van der Waals surface area (Å²) in [7, 11) is 0. The monoisotopic (exact) mass is 468 g/mol. The molecule has 3 atom stereocenters. The van der Waals surface area contributed by atoms with Crippen LogP contribution in [0.1, 0.15) is 41.1 Å². The van der Waals surface area contributed by atoms with Crippen molar-refractivity contribution in [1.29, 1.82) is 0 Å². The summed E-state index contributed by atoms with van der Waals surface area (Å²) in [6.07, 6.45) is 8.25. The molecule has 1 saturated carbocycles. The van der Waals surface area contributed by atoms with Crippen LogP contribution in [0.15, 0.2) is 103 Å². The van der Waals surface area contributed by atoms with Gasteiger partial charge in [-0.3, -0.25) is 4.79 Å². The third-order valence-corrected chi connectivity index (χ3v) is 8.12. The van der Waals surface area contributed by atoms with Crippen LogP contribution in [0.2, 0.25) is 0 Å². The first-order chi connectivity index (χ1) is 17.6. The lowest BCUT2D eigenvalue weighted by molar-refractivity contribution is 0.102. The Labute approximate surface area is 211 Å². The first kappa shape index (κ1) is 21.3. The maximum Gasteiger partial charge on any atom is 0.255 e. The highest BCUT2D eigenvalue weighted by atomic mass is 16.1. The van der Waals surface area contributed by atoms with Crippen molar-refractivity contribution in [2.45, 2.75) is 36.3 Å². The van der Waals surface area contributed by atoms with Crippen molar-refractivity contribution in [3.63, 3.8) is 0 Å². The van der Waals surface area contributed by atoms with Gasteiger partial charge < -0.3 is 10.6 Å². The average molecular weight is 469 g/mol. The molecule has 1 unspecified atom stereocenters. The van der Waals surface area contributed by atoms with Crippen molar-refractivity contribution in [2.75, 3.05) is 5.32 Å². The van der Waals surface area contributed by atoms with Crippen LogP contribution in [0.3, 0.4) is 0 Å². The number of benzene rings is 4. The second kappa shape index (κ2) is 8.04. The molecular weight excluding hydrogens is 440 g/mol. The second-order valence-electron chi connectivity index (χ2n) is 10.6. The normalized spacial score (nSPS) is 25.3. The molecule has 1 heterocycles. The molecule has 2 spiro atoms. The highest BCUT2D eigenvalue weighted by molar-refractivity contribution is 6.05. The SMILES string of the molecule is O=C(Nc1ccc([C@@H]2C[C@]23CC2(C=c4ccccc4=CC2)N3)cc1)c1cccc(-c2ccccc2)c1. The van der Waals surface area contributed by atoms with Gasteiger partial charge in [0, 0.05) is 28.2 Å². The van der Waals surface area contributed by atoms with E-state index in [0.29, 0.717) is 11.5 Å². The van der Waals surface area contributed by atoms with Gasteiger partial charge in [-0.05, 0) is 70.7 Å². The van der Waals surface area contributed by atoms with Gasteiger partial charge in [0.05, 0.1) is 0 Å². The molecule has 0 bridgehead atoms. The van der Waals surface area contributed by atoms with Gasteiger partial charge in [0.15, 0.2) is 0 Å². The summed E-state index contributed by atoms with van der Waals surface area (Å²) >= 11 is 0. The first-order valence-electron chi connectivity index (χ1n) is 12.8. The maximum absolute atomic E-state index is 12.9. The van der Waals surface area contributed by atoms with Crippen LogP contribution in [0.4, 0.5) is 5.69 Å². The van der Waals surface area contributed by atoms with E-state index in [1.165, 1.54) is 28.8 Å². The Balaban J connectivity index is 1.01. The van der Waals surface area contributed by atoms with Gasteiger partial charge in [-0.2, -0.15) is 0 Å². The number of nitrogens with one attached hydrogen (secondary N) is 2. The number of carbonyl (C=O) groups is 1. The molecule has 3 aliphatic rings. The fraction of sp³-hybridized carbons (Fsp3) is 0.182. The molecule has 7 rings (SSSR count). The summed E-state index contributed by atoms with van der Waals surface area (Å²) in [5.74, 6) is 0.455. The predicted octanol–water partition coefficient (Wildman–Crippen LogP) is 5.23. The van der Waals surface area contributed by atoms with Crippen LogP contribution >= 0.6 is 0 Å². The van der Waals surface area contributed by atoms with Crippen molar-refractivity contribution >= 4 is 23.7 Å². The largest absolute Gasteiger partial charge is 0.322 e. The highest BCUT2D eigenvalue weighted by Gasteiger charge is 2.66. The summed E-state index contributed by atoms with van der Waals surface area (Å²) in [6, 6.07) is 35.0. The Kier molecular flexibility index (Phi) is 4.77. The van der Waals surface area contributed by atoms with Crippen molar-refractivity contribution < 1.29 is 4.79 Å². The molecule has 3 heteroatoms. The van der Waals surface area contributed by atoms with Crippen molar-refractivity contribution in [3.05, 3.63) is 125 Å². The van der Waals surface area contributed by atoms with Crippen molar-refractivity contribution in [3.8, 4) is 11.1 Å². The third kappa shape index (κ3) is 3.68. The zero-order valence-electron chi connectivity index (χ0n) is 20.1. The maximum atomic E-state index is 12.9. The molecule has 0 radical (unpaired) electrons. The van der Waals surface area contributed by atoms with E-state index in [1.54, 1.807) is 0 Å². The fourth-order valence-corrected chi connectivity index (χ4v) is 6.28. The van der Waals surface area contributed by atoms with Crippen LogP contribution in [-0.2, 0) is 0 Å². The minimum Gasteiger partial charge on any atom is -0.322 e. The highest BCUT2D eigenvalue weighted by Crippen LogP contribution is 2.62. The topological polar surface area (TPSA) is 41.1 Å². The summed E-state index contributed by atoms with van der Waals surface area (Å²) < 4.78 is 0. The van der Waals surface area contributed by atoms with Crippen molar-refractivity contribution in [2.24, 2.45) is 0 Å². The summed E-state index contributed by atoms with van der Waals surface area (Å²) in [4.78, 5) is 12.9. The zero-order valence-corrected chi connectivity index (χ0v) is 20.1. The number of carbonyl (C=O) groups excluding carboxylic acids is 1. The van der Waals surface area contributed by atoms with Crippen LogP contribution < -0.4 is 21.1 Å². The standard InChI is InChI=1S/C33H28N2O/c36-31(27-12-6-11-26(19-27)23-7-2-1-3-8-23)34-29-15-13-25(14-16-29)30-21-33(30)22-32(35-33)18-17-24-9-4-5-10-28(24)20-32/h1-17,19-20,30,35H,18,21-22H2,(H,34,36)/t30-,32?,33-/m0/s1. The Hall–Kier alpha value is -3.95. The van der Waals surface area contributed by atoms with Gasteiger partial charge in [0.2, 0.25) is 0 Å². The number of anilines is 1. The fourth-order valence-electron chi connectivity index (χ4n) is 6.28. The third-order valence-electron chi connectivity index (χ3n) is 8.12. The lowest BCUT2D eigenvalue weighted by Crippen LogP contribution is -2.66. The Bertz CT molecular complexity index is 1580. The van der Waals surface area contributed by atoms with E-state index in [1.807, 2.05) is 54.6 Å². The predicted molar refractivity (Wildman–Crippen MR) is 146 cm³/mol. The molecule has 3 nitrogen and oxygen atoms in total.